The summed E-state index contributed by atoms with van der Waals surface area (Å²) < 4.78 is 48.7. The second kappa shape index (κ2) is 6.33. The molecule has 1 unspecified atom stereocenters. The summed E-state index contributed by atoms with van der Waals surface area (Å²) in [6, 6.07) is -0.230. The van der Waals surface area contributed by atoms with Crippen molar-refractivity contribution in [3.8, 4) is 0 Å². The molecule has 0 spiro atoms. The maximum atomic E-state index is 12.8. The number of sulfone groups is 1. The summed E-state index contributed by atoms with van der Waals surface area (Å²) in [7, 11) is -6.40. The van der Waals surface area contributed by atoms with Gasteiger partial charge in [-0.1, -0.05) is 12.8 Å². The zero-order chi connectivity index (χ0) is 16.7. The fraction of sp³-hybridized carbons (Fsp3) is 0.929. The zero-order valence-corrected chi connectivity index (χ0v) is 14.8. The van der Waals surface area contributed by atoms with Gasteiger partial charge in [0, 0.05) is 18.6 Å². The van der Waals surface area contributed by atoms with Gasteiger partial charge in [-0.25, -0.2) is 16.8 Å². The molecule has 9 heteroatoms. The molecule has 1 amide bonds. The molecule has 0 aromatic heterocycles. The minimum Gasteiger partial charge on any atom is -0.335 e. The molecule has 0 bridgehead atoms. The first kappa shape index (κ1) is 17.2. The highest BCUT2D eigenvalue weighted by Crippen LogP contribution is 2.29. The van der Waals surface area contributed by atoms with Crippen molar-refractivity contribution in [1.29, 1.82) is 0 Å². The molecule has 3 aliphatic rings. The van der Waals surface area contributed by atoms with Crippen LogP contribution in [0.2, 0.25) is 0 Å². The van der Waals surface area contributed by atoms with Gasteiger partial charge in [0.25, 0.3) is 0 Å². The normalized spacial score (nSPS) is 30.7. The van der Waals surface area contributed by atoms with Crippen LogP contribution in [-0.4, -0.2) is 74.4 Å². The van der Waals surface area contributed by atoms with Gasteiger partial charge in [-0.05, 0) is 25.7 Å². The molecule has 23 heavy (non-hydrogen) atoms. The monoisotopic (exact) mass is 364 g/mol. The van der Waals surface area contributed by atoms with Crippen LogP contribution in [0.15, 0.2) is 0 Å². The molecule has 7 nitrogen and oxygen atoms in total. The average Bonchev–Trinajstić information content (AvgIpc) is 3.14. The summed E-state index contributed by atoms with van der Waals surface area (Å²) in [5.74, 6) is 0.00383. The van der Waals surface area contributed by atoms with E-state index in [-0.39, 0.29) is 41.8 Å². The van der Waals surface area contributed by atoms with Crippen LogP contribution in [0.1, 0.15) is 38.5 Å². The van der Waals surface area contributed by atoms with Crippen molar-refractivity contribution in [1.82, 2.24) is 9.21 Å². The summed E-state index contributed by atoms with van der Waals surface area (Å²) in [6.07, 6.45) is 4.87. The highest BCUT2D eigenvalue weighted by molar-refractivity contribution is 7.91. The van der Waals surface area contributed by atoms with Crippen LogP contribution >= 0.6 is 0 Å². The third-order valence-electron chi connectivity index (χ3n) is 5.12. The van der Waals surface area contributed by atoms with Gasteiger partial charge in [0.15, 0.2) is 9.84 Å². The summed E-state index contributed by atoms with van der Waals surface area (Å²) in [5.41, 5.74) is 0. The third kappa shape index (κ3) is 3.71. The lowest BCUT2D eigenvalue weighted by Crippen LogP contribution is -2.50. The lowest BCUT2D eigenvalue weighted by molar-refractivity contribution is -0.135. The van der Waals surface area contributed by atoms with Crippen LogP contribution in [0.25, 0.3) is 0 Å². The van der Waals surface area contributed by atoms with Gasteiger partial charge in [-0.2, -0.15) is 4.31 Å². The van der Waals surface area contributed by atoms with E-state index >= 15 is 0 Å². The zero-order valence-electron chi connectivity index (χ0n) is 13.2. The highest BCUT2D eigenvalue weighted by atomic mass is 32.2. The summed E-state index contributed by atoms with van der Waals surface area (Å²) in [5, 5.41) is 0. The molecule has 0 aromatic rings. The van der Waals surface area contributed by atoms with Gasteiger partial charge in [-0.3, -0.25) is 4.79 Å². The maximum Gasteiger partial charge on any atom is 0.238 e. The third-order valence-corrected chi connectivity index (χ3v) is 8.78. The minimum atomic E-state index is -3.32. The standard InChI is InChI=1S/C14H24N2O5S2/c17-14(10-15-7-3-8-23(15,20)21)16(12-4-1-2-5-12)13-6-9-22(18,19)11-13/h12-13H,1-11H2. The van der Waals surface area contributed by atoms with Crippen molar-refractivity contribution in [2.45, 2.75) is 50.6 Å². The van der Waals surface area contributed by atoms with Gasteiger partial charge in [-0.15, -0.1) is 0 Å². The Kier molecular flexibility index (Phi) is 4.72. The van der Waals surface area contributed by atoms with E-state index in [0.717, 1.165) is 25.7 Å². The molecule has 2 heterocycles. The second-order valence-electron chi connectivity index (χ2n) is 6.80. The van der Waals surface area contributed by atoms with E-state index < -0.39 is 19.9 Å². The number of carbonyl (C=O) groups excluding carboxylic acids is 1. The van der Waals surface area contributed by atoms with E-state index in [9.17, 15) is 21.6 Å². The Balaban J connectivity index is 1.76. The van der Waals surface area contributed by atoms with Gasteiger partial charge >= 0.3 is 0 Å². The second-order valence-corrected chi connectivity index (χ2v) is 11.1. The smallest absolute Gasteiger partial charge is 0.238 e. The number of nitrogens with zero attached hydrogens (tertiary/aromatic N) is 2. The Hall–Kier alpha value is -0.670. The molecule has 1 atom stereocenters. The highest BCUT2D eigenvalue weighted by Gasteiger charge is 2.40. The molecule has 1 saturated carbocycles. The topological polar surface area (TPSA) is 91.8 Å². The molecule has 1 aliphatic carbocycles. The van der Waals surface area contributed by atoms with E-state index in [0.29, 0.717) is 19.4 Å². The van der Waals surface area contributed by atoms with Crippen LogP contribution < -0.4 is 0 Å². The van der Waals surface area contributed by atoms with Gasteiger partial charge < -0.3 is 4.90 Å². The van der Waals surface area contributed by atoms with Crippen molar-refractivity contribution in [3.05, 3.63) is 0 Å². The molecule has 3 fully saturated rings. The number of amides is 1. The molecule has 0 radical (unpaired) electrons. The molecular formula is C14H24N2O5S2. The molecule has 0 aromatic carbocycles. The van der Waals surface area contributed by atoms with Crippen molar-refractivity contribution in [2.24, 2.45) is 0 Å². The van der Waals surface area contributed by atoms with Crippen LogP contribution in [-0.2, 0) is 24.7 Å². The molecule has 2 aliphatic heterocycles. The summed E-state index contributed by atoms with van der Waals surface area (Å²) in [6.45, 7) is 0.241. The molecule has 132 valence electrons. The van der Waals surface area contributed by atoms with E-state index in [1.54, 1.807) is 4.90 Å². The number of hydrogen-bond acceptors (Lipinski definition) is 5. The predicted molar refractivity (Wildman–Crippen MR) is 86.1 cm³/mol. The van der Waals surface area contributed by atoms with E-state index in [1.807, 2.05) is 0 Å². The number of hydrogen-bond donors (Lipinski definition) is 0. The number of rotatable bonds is 4. The fourth-order valence-electron chi connectivity index (χ4n) is 3.98. The Bertz CT molecular complexity index is 667. The largest absolute Gasteiger partial charge is 0.335 e. The Morgan fingerprint density at radius 1 is 0.957 bits per heavy atom. The first-order chi connectivity index (χ1) is 10.8. The minimum absolute atomic E-state index is 0.0159. The van der Waals surface area contributed by atoms with Gasteiger partial charge in [0.2, 0.25) is 15.9 Å². The van der Waals surface area contributed by atoms with E-state index in [1.165, 1.54) is 4.31 Å². The van der Waals surface area contributed by atoms with Crippen molar-refractivity contribution < 1.29 is 21.6 Å². The van der Waals surface area contributed by atoms with Crippen molar-refractivity contribution in [3.63, 3.8) is 0 Å². The Morgan fingerprint density at radius 3 is 2.17 bits per heavy atom. The number of sulfonamides is 1. The van der Waals surface area contributed by atoms with Gasteiger partial charge in [0.1, 0.15) is 0 Å². The van der Waals surface area contributed by atoms with Crippen molar-refractivity contribution in [2.75, 3.05) is 30.3 Å². The summed E-state index contributed by atoms with van der Waals surface area (Å²) in [4.78, 5) is 14.5. The fourth-order valence-corrected chi connectivity index (χ4v) is 7.16. The number of carbonyl (C=O) groups is 1. The first-order valence-corrected chi connectivity index (χ1v) is 11.7. The molecule has 3 rings (SSSR count). The lowest BCUT2D eigenvalue weighted by Gasteiger charge is -2.35. The Labute approximate surface area is 138 Å². The SMILES string of the molecule is O=C(CN1CCCS1(=O)=O)N(C1CCCC1)C1CCS(=O)(=O)C1. The summed E-state index contributed by atoms with van der Waals surface area (Å²) >= 11 is 0. The van der Waals surface area contributed by atoms with Crippen LogP contribution in [0.4, 0.5) is 0 Å². The van der Waals surface area contributed by atoms with E-state index in [2.05, 4.69) is 0 Å². The molecular weight excluding hydrogens is 340 g/mol. The van der Waals surface area contributed by atoms with Crippen molar-refractivity contribution >= 4 is 25.8 Å². The molecule has 2 saturated heterocycles. The molecule has 0 N–H and O–H groups in total. The average molecular weight is 364 g/mol. The van der Waals surface area contributed by atoms with Crippen LogP contribution in [0, 0.1) is 0 Å². The Morgan fingerprint density at radius 2 is 1.65 bits per heavy atom. The van der Waals surface area contributed by atoms with Crippen LogP contribution in [0.3, 0.4) is 0 Å². The quantitative estimate of drug-likeness (QED) is 0.699. The lowest BCUT2D eigenvalue weighted by atomic mass is 10.1. The van der Waals surface area contributed by atoms with Crippen LogP contribution in [0.5, 0.6) is 0 Å². The maximum absolute atomic E-state index is 12.8. The first-order valence-electron chi connectivity index (χ1n) is 8.28. The van der Waals surface area contributed by atoms with E-state index in [4.69, 9.17) is 0 Å². The predicted octanol–water partition coefficient (Wildman–Crippen LogP) is -0.0198. The van der Waals surface area contributed by atoms with Gasteiger partial charge in [0.05, 0.1) is 23.8 Å².